The standard InChI is InChI=1S/C12H15BrO/c1-8-5-6-9(10(13)7-8)11(14)12(2,3)4/h5-7H,1-4H3. The van der Waals surface area contributed by atoms with Crippen molar-refractivity contribution >= 4 is 21.7 Å². The molecule has 76 valence electrons. The third kappa shape index (κ3) is 2.44. The second kappa shape index (κ2) is 3.85. The number of hydrogen-bond donors (Lipinski definition) is 0. The van der Waals surface area contributed by atoms with Crippen LogP contribution in [0.3, 0.4) is 0 Å². The molecule has 1 nitrogen and oxygen atoms in total. The zero-order valence-electron chi connectivity index (χ0n) is 9.02. The fraction of sp³-hybridized carbons (Fsp3) is 0.417. The highest BCUT2D eigenvalue weighted by atomic mass is 79.9. The topological polar surface area (TPSA) is 17.1 Å². The van der Waals surface area contributed by atoms with Crippen LogP contribution in [0.25, 0.3) is 0 Å². The molecular formula is C12H15BrO. The zero-order chi connectivity index (χ0) is 10.9. The molecule has 1 aromatic rings. The highest BCUT2D eigenvalue weighted by Crippen LogP contribution is 2.26. The Kier molecular flexibility index (Phi) is 3.15. The number of hydrogen-bond acceptors (Lipinski definition) is 1. The summed E-state index contributed by atoms with van der Waals surface area (Å²) < 4.78 is 0.887. The van der Waals surface area contributed by atoms with Crippen LogP contribution in [0, 0.1) is 12.3 Å². The quantitative estimate of drug-likeness (QED) is 0.693. The lowest BCUT2D eigenvalue weighted by atomic mass is 9.86. The van der Waals surface area contributed by atoms with Crippen LogP contribution >= 0.6 is 15.9 Å². The van der Waals surface area contributed by atoms with Gasteiger partial charge in [-0.3, -0.25) is 4.79 Å². The van der Waals surface area contributed by atoms with Gasteiger partial charge in [0.05, 0.1) is 0 Å². The van der Waals surface area contributed by atoms with Crippen molar-refractivity contribution in [3.63, 3.8) is 0 Å². The Morgan fingerprint density at radius 1 is 1.29 bits per heavy atom. The second-order valence-electron chi connectivity index (χ2n) is 4.56. The molecule has 1 rings (SSSR count). The first kappa shape index (κ1) is 11.4. The molecule has 0 aromatic heterocycles. The predicted molar refractivity (Wildman–Crippen MR) is 62.7 cm³/mol. The average Bonchev–Trinajstić information content (AvgIpc) is 2.01. The van der Waals surface area contributed by atoms with Gasteiger partial charge in [0.15, 0.2) is 5.78 Å². The molecule has 0 heterocycles. The Hall–Kier alpha value is -0.630. The van der Waals surface area contributed by atoms with Crippen LogP contribution in [0.2, 0.25) is 0 Å². The van der Waals surface area contributed by atoms with Crippen molar-refractivity contribution in [3.8, 4) is 0 Å². The second-order valence-corrected chi connectivity index (χ2v) is 5.42. The molecule has 0 saturated heterocycles. The van der Waals surface area contributed by atoms with Crippen LogP contribution in [0.4, 0.5) is 0 Å². The van der Waals surface area contributed by atoms with Crippen LogP contribution in [0.5, 0.6) is 0 Å². The van der Waals surface area contributed by atoms with E-state index in [-0.39, 0.29) is 11.2 Å². The van der Waals surface area contributed by atoms with E-state index in [4.69, 9.17) is 0 Å². The summed E-state index contributed by atoms with van der Waals surface area (Å²) in [5.41, 5.74) is 1.60. The van der Waals surface area contributed by atoms with Gasteiger partial charge in [-0.25, -0.2) is 0 Å². The summed E-state index contributed by atoms with van der Waals surface area (Å²) in [5, 5.41) is 0. The van der Waals surface area contributed by atoms with Gasteiger partial charge in [-0.05, 0) is 24.6 Å². The SMILES string of the molecule is Cc1ccc(C(=O)C(C)(C)C)c(Br)c1. The normalized spacial score (nSPS) is 11.5. The number of halogens is 1. The molecule has 2 heteroatoms. The lowest BCUT2D eigenvalue weighted by Crippen LogP contribution is -2.20. The Bertz CT molecular complexity index is 361. The maximum Gasteiger partial charge on any atom is 0.169 e. The summed E-state index contributed by atoms with van der Waals surface area (Å²) in [5.74, 6) is 0.171. The van der Waals surface area contributed by atoms with Crippen molar-refractivity contribution in [1.82, 2.24) is 0 Å². The molecule has 0 aliphatic carbocycles. The third-order valence-electron chi connectivity index (χ3n) is 2.05. The molecule has 14 heavy (non-hydrogen) atoms. The molecule has 1 aromatic carbocycles. The minimum absolute atomic E-state index is 0.171. The molecule has 0 bridgehead atoms. The first-order chi connectivity index (χ1) is 6.32. The number of carbonyl (C=O) groups is 1. The molecule has 0 fully saturated rings. The van der Waals surface area contributed by atoms with Crippen LogP contribution in [-0.2, 0) is 0 Å². The summed E-state index contributed by atoms with van der Waals surface area (Å²) in [6.07, 6.45) is 0. The van der Waals surface area contributed by atoms with Crippen molar-refractivity contribution in [3.05, 3.63) is 33.8 Å². The van der Waals surface area contributed by atoms with E-state index >= 15 is 0 Å². The Morgan fingerprint density at radius 2 is 1.86 bits per heavy atom. The molecule has 0 unspecified atom stereocenters. The molecule has 0 amide bonds. The fourth-order valence-electron chi connectivity index (χ4n) is 1.21. The van der Waals surface area contributed by atoms with Gasteiger partial charge in [0, 0.05) is 15.5 Å². The van der Waals surface area contributed by atoms with Crippen LogP contribution in [-0.4, -0.2) is 5.78 Å². The van der Waals surface area contributed by atoms with Gasteiger partial charge in [0.1, 0.15) is 0 Å². The molecule has 0 saturated carbocycles. The van der Waals surface area contributed by atoms with Gasteiger partial charge in [-0.15, -0.1) is 0 Å². The molecule has 0 spiro atoms. The molecule has 0 N–H and O–H groups in total. The minimum Gasteiger partial charge on any atom is -0.294 e. The maximum absolute atomic E-state index is 12.0. The Balaban J connectivity index is 3.15. The number of Topliss-reactive ketones (excluding diaryl/α,β-unsaturated/α-hetero) is 1. The van der Waals surface area contributed by atoms with Crippen molar-refractivity contribution in [2.24, 2.45) is 5.41 Å². The number of rotatable bonds is 1. The van der Waals surface area contributed by atoms with E-state index in [0.717, 1.165) is 15.6 Å². The summed E-state index contributed by atoms with van der Waals surface area (Å²) in [7, 11) is 0. The van der Waals surface area contributed by atoms with E-state index in [9.17, 15) is 4.79 Å². The predicted octanol–water partition coefficient (Wildman–Crippen LogP) is 3.99. The first-order valence-electron chi connectivity index (χ1n) is 4.63. The largest absolute Gasteiger partial charge is 0.294 e. The van der Waals surface area contributed by atoms with Gasteiger partial charge >= 0.3 is 0 Å². The number of aryl methyl sites for hydroxylation is 1. The Morgan fingerprint density at radius 3 is 2.29 bits per heavy atom. The van der Waals surface area contributed by atoms with Crippen LogP contribution in [0.15, 0.2) is 22.7 Å². The van der Waals surface area contributed by atoms with Gasteiger partial charge in [-0.2, -0.15) is 0 Å². The van der Waals surface area contributed by atoms with Gasteiger partial charge in [0.25, 0.3) is 0 Å². The van der Waals surface area contributed by atoms with Crippen LogP contribution < -0.4 is 0 Å². The summed E-state index contributed by atoms with van der Waals surface area (Å²) >= 11 is 3.42. The van der Waals surface area contributed by atoms with Crippen molar-refractivity contribution in [2.45, 2.75) is 27.7 Å². The van der Waals surface area contributed by atoms with E-state index in [2.05, 4.69) is 15.9 Å². The first-order valence-corrected chi connectivity index (χ1v) is 5.42. The van der Waals surface area contributed by atoms with Crippen molar-refractivity contribution < 1.29 is 4.79 Å². The smallest absolute Gasteiger partial charge is 0.169 e. The lowest BCUT2D eigenvalue weighted by molar-refractivity contribution is 0.0857. The number of benzene rings is 1. The third-order valence-corrected chi connectivity index (χ3v) is 2.71. The summed E-state index contributed by atoms with van der Waals surface area (Å²) in [4.78, 5) is 12.0. The van der Waals surface area contributed by atoms with Gasteiger partial charge in [-0.1, -0.05) is 42.8 Å². The summed E-state index contributed by atoms with van der Waals surface area (Å²) in [6, 6.07) is 5.82. The highest BCUT2D eigenvalue weighted by molar-refractivity contribution is 9.10. The minimum atomic E-state index is -0.322. The van der Waals surface area contributed by atoms with Crippen LogP contribution in [0.1, 0.15) is 36.7 Å². The number of carbonyl (C=O) groups excluding carboxylic acids is 1. The van der Waals surface area contributed by atoms with Crippen molar-refractivity contribution in [1.29, 1.82) is 0 Å². The highest BCUT2D eigenvalue weighted by Gasteiger charge is 2.24. The van der Waals surface area contributed by atoms with E-state index < -0.39 is 0 Å². The lowest BCUT2D eigenvalue weighted by Gasteiger charge is -2.17. The van der Waals surface area contributed by atoms with E-state index in [1.165, 1.54) is 0 Å². The molecule has 0 atom stereocenters. The van der Waals surface area contributed by atoms with E-state index in [1.807, 2.05) is 45.9 Å². The summed E-state index contributed by atoms with van der Waals surface area (Å²) in [6.45, 7) is 7.81. The van der Waals surface area contributed by atoms with E-state index in [0.29, 0.717) is 0 Å². The average molecular weight is 255 g/mol. The van der Waals surface area contributed by atoms with Gasteiger partial charge in [0.2, 0.25) is 0 Å². The molecule has 0 aliphatic heterocycles. The zero-order valence-corrected chi connectivity index (χ0v) is 10.6. The van der Waals surface area contributed by atoms with E-state index in [1.54, 1.807) is 0 Å². The molecular weight excluding hydrogens is 240 g/mol. The maximum atomic E-state index is 12.0. The monoisotopic (exact) mass is 254 g/mol. The van der Waals surface area contributed by atoms with Crippen molar-refractivity contribution in [2.75, 3.05) is 0 Å². The fourth-order valence-corrected chi connectivity index (χ4v) is 1.88. The van der Waals surface area contributed by atoms with Gasteiger partial charge < -0.3 is 0 Å². The molecule has 0 aliphatic rings. The molecule has 0 radical (unpaired) electrons. The number of ketones is 1. The Labute approximate surface area is 93.7 Å².